The van der Waals surface area contributed by atoms with Crippen LogP contribution in [0, 0.1) is 5.82 Å². The summed E-state index contributed by atoms with van der Waals surface area (Å²) in [6.45, 7) is 4.64. The van der Waals surface area contributed by atoms with E-state index in [1.807, 2.05) is 0 Å². The van der Waals surface area contributed by atoms with Gasteiger partial charge in [0, 0.05) is 36.4 Å². The molecule has 0 radical (unpaired) electrons. The fourth-order valence-corrected chi connectivity index (χ4v) is 3.76. The number of rotatable bonds is 4. The summed E-state index contributed by atoms with van der Waals surface area (Å²) in [4.78, 5) is 25.7. The zero-order chi connectivity index (χ0) is 25.0. The van der Waals surface area contributed by atoms with E-state index in [9.17, 15) is 29.3 Å². The molecule has 4 rings (SSSR count). The Hall–Kier alpha value is -2.95. The topological polar surface area (TPSA) is 115 Å². The van der Waals surface area contributed by atoms with Crippen LogP contribution in [0.4, 0.5) is 10.1 Å². The van der Waals surface area contributed by atoms with Crippen LogP contribution in [-0.4, -0.2) is 49.8 Å². The lowest BCUT2D eigenvalue weighted by atomic mass is 10.1. The van der Waals surface area contributed by atoms with E-state index in [-0.39, 0.29) is 28.2 Å². The molecule has 11 heteroatoms. The van der Waals surface area contributed by atoms with E-state index in [1.165, 1.54) is 30.3 Å². The molecule has 2 heterocycles. The second-order valence-electron chi connectivity index (χ2n) is 7.57. The van der Waals surface area contributed by atoms with Crippen molar-refractivity contribution in [2.24, 2.45) is 0 Å². The van der Waals surface area contributed by atoms with Gasteiger partial charge in [0.2, 0.25) is 5.91 Å². The van der Waals surface area contributed by atoms with Gasteiger partial charge < -0.3 is 25.5 Å². The number of nitrogens with zero attached hydrogens (tertiary/aromatic N) is 2. The van der Waals surface area contributed by atoms with Crippen LogP contribution in [0.25, 0.3) is 10.8 Å². The van der Waals surface area contributed by atoms with E-state index in [1.54, 1.807) is 23.1 Å². The van der Waals surface area contributed by atoms with Crippen LogP contribution in [0.2, 0.25) is 10.0 Å². The highest BCUT2D eigenvalue weighted by Gasteiger charge is 2.25. The lowest BCUT2D eigenvalue weighted by Crippen LogP contribution is -2.40. The maximum Gasteiger partial charge on any atom is 0.376 e. The average Bonchev–Trinajstić information content (AvgIpc) is 3.24. The number of fused-ring (bicyclic) bond motifs is 1. The van der Waals surface area contributed by atoms with E-state index in [0.717, 1.165) is 12.6 Å². The number of aromatic nitrogens is 1. The summed E-state index contributed by atoms with van der Waals surface area (Å²) in [5.41, 5.74) is -0.0665. The zero-order valence-electron chi connectivity index (χ0n) is 17.8. The number of carbonyl (C=O) groups excluding carboxylic acids is 1. The normalized spacial score (nSPS) is 15.6. The van der Waals surface area contributed by atoms with Gasteiger partial charge in [-0.1, -0.05) is 35.8 Å². The van der Waals surface area contributed by atoms with Crippen molar-refractivity contribution in [3.05, 3.63) is 87.5 Å². The van der Waals surface area contributed by atoms with Crippen molar-refractivity contribution in [3.63, 3.8) is 0 Å². The molecule has 0 bridgehead atoms. The minimum Gasteiger partial charge on any atom is -0.380 e. The van der Waals surface area contributed by atoms with Crippen LogP contribution >= 0.6 is 23.2 Å². The van der Waals surface area contributed by atoms with Gasteiger partial charge in [0.15, 0.2) is 0 Å². The Balaban J connectivity index is 0.000000302. The highest BCUT2D eigenvalue weighted by atomic mass is 35.5. The Morgan fingerprint density at radius 1 is 1.15 bits per heavy atom. The molecule has 0 aliphatic carbocycles. The predicted octanol–water partition coefficient (Wildman–Crippen LogP) is 2.88. The number of anilines is 1. The summed E-state index contributed by atoms with van der Waals surface area (Å²) in [6.07, 6.45) is -0.103. The molecule has 1 atom stereocenters. The van der Waals surface area contributed by atoms with Crippen molar-refractivity contribution in [1.29, 1.82) is 0 Å². The summed E-state index contributed by atoms with van der Waals surface area (Å²) in [6, 6.07) is 10.5. The molecule has 1 amide bonds. The molecular weight excluding hydrogens is 488 g/mol. The summed E-state index contributed by atoms with van der Waals surface area (Å²) in [5, 5.41) is 32.5. The Morgan fingerprint density at radius 2 is 1.88 bits per heavy atom. The Labute approximate surface area is 204 Å². The third kappa shape index (κ3) is 6.13. The Bertz CT molecular complexity index is 1280. The maximum absolute atomic E-state index is 12.3. The number of hydrogen-bond donors (Lipinski definition) is 4. The second-order valence-corrected chi connectivity index (χ2v) is 8.38. The van der Waals surface area contributed by atoms with E-state index >= 15 is 0 Å². The summed E-state index contributed by atoms with van der Waals surface area (Å²) < 4.78 is 12.6. The van der Waals surface area contributed by atoms with Crippen molar-refractivity contribution >= 4 is 45.6 Å². The smallest absolute Gasteiger partial charge is 0.376 e. The largest absolute Gasteiger partial charge is 0.380 e. The predicted molar refractivity (Wildman–Crippen MR) is 128 cm³/mol. The highest BCUT2D eigenvalue weighted by Crippen LogP contribution is 2.22. The first-order chi connectivity index (χ1) is 16.0. The maximum atomic E-state index is 12.3. The minimum atomic E-state index is -3.26. The van der Waals surface area contributed by atoms with Crippen LogP contribution in [0.15, 0.2) is 66.1 Å². The van der Waals surface area contributed by atoms with Gasteiger partial charge in [0.05, 0.1) is 10.0 Å². The lowest BCUT2D eigenvalue weighted by Gasteiger charge is -2.18. The van der Waals surface area contributed by atoms with Gasteiger partial charge in [0.25, 0.3) is 5.56 Å². The second kappa shape index (κ2) is 10.5. The molecule has 0 spiro atoms. The van der Waals surface area contributed by atoms with Crippen molar-refractivity contribution in [2.75, 3.05) is 18.4 Å². The third-order valence-corrected chi connectivity index (χ3v) is 5.89. The van der Waals surface area contributed by atoms with Crippen LogP contribution in [0.3, 0.4) is 0 Å². The van der Waals surface area contributed by atoms with Crippen molar-refractivity contribution < 1.29 is 24.5 Å². The number of pyridine rings is 1. The van der Waals surface area contributed by atoms with E-state index in [4.69, 9.17) is 23.2 Å². The van der Waals surface area contributed by atoms with Crippen LogP contribution < -0.4 is 10.9 Å². The van der Waals surface area contributed by atoms with Gasteiger partial charge in [-0.2, -0.15) is 0 Å². The molecular formula is C23H22Cl2FN3O5. The molecule has 34 heavy (non-hydrogen) atoms. The SMILES string of the molecule is C=CC(=O)N1CCC(Nc2ccc3ccn(C(O)(O)O)c(=O)c3c2)C1.Fc1ccc(Cl)c(Cl)c1. The molecule has 1 aliphatic heterocycles. The van der Waals surface area contributed by atoms with Gasteiger partial charge in [-0.15, -0.1) is 0 Å². The number of carbonyl (C=O) groups is 1. The quantitative estimate of drug-likeness (QED) is 0.244. The summed E-state index contributed by atoms with van der Waals surface area (Å²) >= 11 is 10.9. The lowest BCUT2D eigenvalue weighted by molar-refractivity contribution is -0.376. The molecule has 4 N–H and O–H groups in total. The number of likely N-dealkylation sites (tertiary alicyclic amines) is 1. The fraction of sp³-hybridized carbons (Fsp3) is 0.217. The fourth-order valence-electron chi connectivity index (χ4n) is 3.48. The van der Waals surface area contributed by atoms with E-state index in [0.29, 0.717) is 33.8 Å². The van der Waals surface area contributed by atoms with Gasteiger partial charge in [0.1, 0.15) is 5.82 Å². The average molecular weight is 510 g/mol. The molecule has 1 unspecified atom stereocenters. The summed E-state index contributed by atoms with van der Waals surface area (Å²) in [7, 11) is 0. The number of hydrogen-bond acceptors (Lipinski definition) is 6. The minimum absolute atomic E-state index is 0.0416. The highest BCUT2D eigenvalue weighted by molar-refractivity contribution is 6.41. The van der Waals surface area contributed by atoms with Crippen molar-refractivity contribution in [3.8, 4) is 0 Å². The molecule has 1 aliphatic rings. The van der Waals surface area contributed by atoms with Gasteiger partial charge in [-0.3, -0.25) is 9.59 Å². The number of nitrogens with one attached hydrogen (secondary N) is 1. The van der Waals surface area contributed by atoms with E-state index in [2.05, 4.69) is 11.9 Å². The number of benzene rings is 2. The molecule has 1 aromatic heterocycles. The standard InChI is InChI=1S/C17H19N3O5.C6H3Cl2F/c1-2-15(21)19-7-6-13(10-19)18-12-4-3-11-5-8-20(17(23,24)25)16(22)14(11)9-12;7-5-2-1-4(9)3-6(5)8/h2-5,8-9,13,18,23-25H,1,6-7,10H2;1-3H. The zero-order valence-corrected chi connectivity index (χ0v) is 19.3. The number of amides is 1. The van der Waals surface area contributed by atoms with Crippen LogP contribution in [0.1, 0.15) is 6.42 Å². The molecule has 8 nitrogen and oxygen atoms in total. The van der Waals surface area contributed by atoms with E-state index < -0.39 is 11.7 Å². The van der Waals surface area contributed by atoms with Crippen molar-refractivity contribution in [2.45, 2.75) is 18.6 Å². The Kier molecular flexibility index (Phi) is 7.96. The third-order valence-electron chi connectivity index (χ3n) is 5.16. The molecule has 1 saturated heterocycles. The number of aliphatic hydroxyl groups is 3. The van der Waals surface area contributed by atoms with Gasteiger partial charge >= 0.3 is 6.10 Å². The first kappa shape index (κ1) is 25.7. The van der Waals surface area contributed by atoms with Gasteiger partial charge in [-0.05, 0) is 54.3 Å². The summed E-state index contributed by atoms with van der Waals surface area (Å²) in [5.74, 6) is -0.486. The molecule has 3 aromatic rings. The first-order valence-corrected chi connectivity index (χ1v) is 10.9. The van der Waals surface area contributed by atoms with Crippen LogP contribution in [-0.2, 0) is 10.9 Å². The molecule has 0 saturated carbocycles. The Morgan fingerprint density at radius 3 is 2.50 bits per heavy atom. The van der Waals surface area contributed by atoms with Gasteiger partial charge in [-0.25, -0.2) is 8.96 Å². The van der Waals surface area contributed by atoms with Crippen molar-refractivity contribution in [1.82, 2.24) is 9.47 Å². The molecule has 1 fully saturated rings. The monoisotopic (exact) mass is 509 g/mol. The first-order valence-electron chi connectivity index (χ1n) is 10.1. The van der Waals surface area contributed by atoms with Crippen LogP contribution in [0.5, 0.6) is 0 Å². The number of halogens is 3. The molecule has 2 aromatic carbocycles. The molecule has 180 valence electrons.